The Hall–Kier alpha value is -3.16. The molecule has 0 saturated heterocycles. The van der Waals surface area contributed by atoms with E-state index in [0.29, 0.717) is 41.7 Å². The molecule has 0 radical (unpaired) electrons. The number of rotatable bonds is 4. The first-order valence-corrected chi connectivity index (χ1v) is 7.48. The summed E-state index contributed by atoms with van der Waals surface area (Å²) in [5.74, 6) is 1.94. The predicted octanol–water partition coefficient (Wildman–Crippen LogP) is 3.78. The van der Waals surface area contributed by atoms with Gasteiger partial charge in [-0.25, -0.2) is 0 Å². The van der Waals surface area contributed by atoms with Crippen molar-refractivity contribution in [1.82, 2.24) is 10.2 Å². The number of hydrogen-bond acceptors (Lipinski definition) is 6. The maximum Gasteiger partial charge on any atom is 0.387 e. The molecule has 0 N–H and O–H groups in total. The largest absolute Gasteiger partial charge is 0.486 e. The SMILES string of the molecule is FC(F)Oc1ccc(-c2nnc(-c3ccc4c(c3)OCCO4)o2)cc1. The molecule has 4 rings (SSSR count). The van der Waals surface area contributed by atoms with E-state index in [2.05, 4.69) is 14.9 Å². The molecule has 0 aliphatic carbocycles. The van der Waals surface area contributed by atoms with Crippen LogP contribution >= 0.6 is 0 Å². The summed E-state index contributed by atoms with van der Waals surface area (Å²) in [6, 6.07) is 11.3. The molecule has 0 spiro atoms. The number of halogens is 2. The van der Waals surface area contributed by atoms with Crippen molar-refractivity contribution >= 4 is 0 Å². The summed E-state index contributed by atoms with van der Waals surface area (Å²) in [5.41, 5.74) is 1.29. The van der Waals surface area contributed by atoms with Crippen molar-refractivity contribution in [3.63, 3.8) is 0 Å². The van der Waals surface area contributed by atoms with Gasteiger partial charge in [0.2, 0.25) is 11.8 Å². The molecule has 0 unspecified atom stereocenters. The van der Waals surface area contributed by atoms with E-state index in [9.17, 15) is 8.78 Å². The fourth-order valence-corrected chi connectivity index (χ4v) is 2.41. The molecule has 0 bridgehead atoms. The van der Waals surface area contributed by atoms with Crippen molar-refractivity contribution < 1.29 is 27.4 Å². The fourth-order valence-electron chi connectivity index (χ4n) is 2.41. The van der Waals surface area contributed by atoms with Crippen LogP contribution in [-0.4, -0.2) is 30.0 Å². The molecule has 1 aliphatic rings. The first-order valence-electron chi connectivity index (χ1n) is 7.48. The summed E-state index contributed by atoms with van der Waals surface area (Å²) in [7, 11) is 0. The molecular weight excluding hydrogens is 334 g/mol. The van der Waals surface area contributed by atoms with E-state index in [0.717, 1.165) is 0 Å². The summed E-state index contributed by atoms with van der Waals surface area (Å²) in [6.07, 6.45) is 0. The Labute approximate surface area is 141 Å². The number of fused-ring (bicyclic) bond motifs is 1. The quantitative estimate of drug-likeness (QED) is 0.716. The van der Waals surface area contributed by atoms with Crippen molar-refractivity contribution in [3.05, 3.63) is 42.5 Å². The van der Waals surface area contributed by atoms with Crippen molar-refractivity contribution in [2.45, 2.75) is 6.61 Å². The zero-order chi connectivity index (χ0) is 17.2. The van der Waals surface area contributed by atoms with Crippen LogP contribution in [0, 0.1) is 0 Å². The van der Waals surface area contributed by atoms with Gasteiger partial charge in [-0.15, -0.1) is 10.2 Å². The van der Waals surface area contributed by atoms with Gasteiger partial charge in [0.15, 0.2) is 11.5 Å². The first kappa shape index (κ1) is 15.4. The lowest BCUT2D eigenvalue weighted by Gasteiger charge is -2.18. The van der Waals surface area contributed by atoms with Crippen molar-refractivity contribution in [1.29, 1.82) is 0 Å². The van der Waals surface area contributed by atoms with Gasteiger partial charge in [0.05, 0.1) is 0 Å². The zero-order valence-electron chi connectivity index (χ0n) is 12.8. The fraction of sp³-hybridized carbons (Fsp3) is 0.176. The number of alkyl halides is 2. The third-order valence-electron chi connectivity index (χ3n) is 3.54. The van der Waals surface area contributed by atoms with Gasteiger partial charge in [-0.3, -0.25) is 0 Å². The summed E-state index contributed by atoms with van der Waals surface area (Å²) in [5, 5.41) is 8.01. The van der Waals surface area contributed by atoms with Gasteiger partial charge in [0.25, 0.3) is 0 Å². The number of benzene rings is 2. The summed E-state index contributed by atoms with van der Waals surface area (Å²) in [6.45, 7) is -1.86. The highest BCUT2D eigenvalue weighted by atomic mass is 19.3. The number of aromatic nitrogens is 2. The molecule has 3 aromatic rings. The van der Waals surface area contributed by atoms with Crippen molar-refractivity contribution in [2.24, 2.45) is 0 Å². The van der Waals surface area contributed by atoms with Crippen molar-refractivity contribution in [2.75, 3.05) is 13.2 Å². The molecule has 1 aliphatic heterocycles. The second-order valence-corrected chi connectivity index (χ2v) is 5.17. The Morgan fingerprint density at radius 3 is 2.20 bits per heavy atom. The Bertz CT molecular complexity index is 881. The molecule has 128 valence electrons. The van der Waals surface area contributed by atoms with E-state index in [1.165, 1.54) is 12.1 Å². The lowest BCUT2D eigenvalue weighted by Crippen LogP contribution is -2.15. The van der Waals surface area contributed by atoms with Crippen LogP contribution in [-0.2, 0) is 0 Å². The molecule has 0 saturated carbocycles. The highest BCUT2D eigenvalue weighted by Crippen LogP contribution is 2.34. The van der Waals surface area contributed by atoms with Crippen LogP contribution in [0.5, 0.6) is 17.2 Å². The van der Waals surface area contributed by atoms with Gasteiger partial charge < -0.3 is 18.6 Å². The lowest BCUT2D eigenvalue weighted by molar-refractivity contribution is -0.0498. The Morgan fingerprint density at radius 2 is 1.48 bits per heavy atom. The monoisotopic (exact) mass is 346 g/mol. The summed E-state index contributed by atoms with van der Waals surface area (Å²) in [4.78, 5) is 0. The predicted molar refractivity (Wildman–Crippen MR) is 82.8 cm³/mol. The molecule has 0 amide bonds. The van der Waals surface area contributed by atoms with Gasteiger partial charge in [-0.05, 0) is 42.5 Å². The minimum absolute atomic E-state index is 0.0605. The van der Waals surface area contributed by atoms with Gasteiger partial charge in [-0.2, -0.15) is 8.78 Å². The standard InChI is InChI=1S/C17H12F2N2O4/c18-17(19)24-12-4-1-10(2-5-12)15-20-21-16(25-15)11-3-6-13-14(9-11)23-8-7-22-13/h1-6,9,17H,7-8H2. The van der Waals surface area contributed by atoms with E-state index in [1.807, 2.05) is 0 Å². The molecular formula is C17H12F2N2O4. The topological polar surface area (TPSA) is 66.6 Å². The van der Waals surface area contributed by atoms with E-state index < -0.39 is 6.61 Å². The van der Waals surface area contributed by atoms with Gasteiger partial charge in [-0.1, -0.05) is 0 Å². The average Bonchev–Trinajstić information content (AvgIpc) is 3.11. The first-order chi connectivity index (χ1) is 12.2. The molecule has 1 aromatic heterocycles. The van der Waals surface area contributed by atoms with Crippen LogP contribution in [0.25, 0.3) is 22.9 Å². The maximum atomic E-state index is 12.2. The van der Waals surface area contributed by atoms with Crippen LogP contribution in [0.15, 0.2) is 46.9 Å². The van der Waals surface area contributed by atoms with Crippen molar-refractivity contribution in [3.8, 4) is 40.2 Å². The maximum absolute atomic E-state index is 12.2. The molecule has 0 atom stereocenters. The highest BCUT2D eigenvalue weighted by molar-refractivity contribution is 5.62. The van der Waals surface area contributed by atoms with Gasteiger partial charge in [0, 0.05) is 11.1 Å². The Balaban J connectivity index is 1.58. The van der Waals surface area contributed by atoms with E-state index >= 15 is 0 Å². The minimum atomic E-state index is -2.86. The van der Waals surface area contributed by atoms with Crippen LogP contribution < -0.4 is 14.2 Å². The second kappa shape index (κ2) is 6.39. The molecule has 2 aromatic carbocycles. The normalized spacial score (nSPS) is 13.1. The number of hydrogen-bond donors (Lipinski definition) is 0. The average molecular weight is 346 g/mol. The van der Waals surface area contributed by atoms with Gasteiger partial charge >= 0.3 is 6.61 Å². The third-order valence-corrected chi connectivity index (χ3v) is 3.54. The number of ether oxygens (including phenoxy) is 3. The smallest absolute Gasteiger partial charge is 0.387 e. The molecule has 8 heteroatoms. The summed E-state index contributed by atoms with van der Waals surface area (Å²) < 4.78 is 45.3. The molecule has 25 heavy (non-hydrogen) atoms. The molecule has 0 fully saturated rings. The second-order valence-electron chi connectivity index (χ2n) is 5.17. The van der Waals surface area contributed by atoms with E-state index in [-0.39, 0.29) is 11.6 Å². The van der Waals surface area contributed by atoms with Gasteiger partial charge in [0.1, 0.15) is 19.0 Å². The Kier molecular flexibility index (Phi) is 3.93. The van der Waals surface area contributed by atoms with Crippen LogP contribution in [0.4, 0.5) is 8.78 Å². The lowest BCUT2D eigenvalue weighted by atomic mass is 10.2. The minimum Gasteiger partial charge on any atom is -0.486 e. The van der Waals surface area contributed by atoms with Crippen LogP contribution in [0.3, 0.4) is 0 Å². The van der Waals surface area contributed by atoms with E-state index in [1.54, 1.807) is 30.3 Å². The summed E-state index contributed by atoms with van der Waals surface area (Å²) >= 11 is 0. The Morgan fingerprint density at radius 1 is 0.840 bits per heavy atom. The molecule has 6 nitrogen and oxygen atoms in total. The van der Waals surface area contributed by atoms with E-state index in [4.69, 9.17) is 13.9 Å². The third kappa shape index (κ3) is 3.23. The van der Waals surface area contributed by atoms with Crippen LogP contribution in [0.1, 0.15) is 0 Å². The zero-order valence-corrected chi connectivity index (χ0v) is 12.8. The molecule has 2 heterocycles. The van der Waals surface area contributed by atoms with Crippen LogP contribution in [0.2, 0.25) is 0 Å². The number of nitrogens with zero attached hydrogens (tertiary/aromatic N) is 2. The highest BCUT2D eigenvalue weighted by Gasteiger charge is 2.16.